The van der Waals surface area contributed by atoms with Crippen molar-refractivity contribution in [2.75, 3.05) is 6.54 Å². The standard InChI is InChI=1S/C30H40ClN5O6/c1-6-8-21(24(38)27(40)33-20-11-12-20)34-26(39)23-15-30(14-22(35-42-30)18-9-7-10-19(31)13-18)16-36(23)28(41)25(29(3,4)5)32-17(2)37/h7,9-10,13,20-21,23,25H,6,8,11-12,14-16H2,1-5H3,(H,32,37)(H,33,40)(H,34,39)/t21-,23-,25+,30?/m0/s1. The quantitative estimate of drug-likeness (QED) is 0.351. The number of amides is 4. The summed E-state index contributed by atoms with van der Waals surface area (Å²) in [5, 5.41) is 13.0. The number of carbonyl (C=O) groups excluding carboxylic acids is 5. The van der Waals surface area contributed by atoms with Gasteiger partial charge < -0.3 is 25.7 Å². The number of rotatable bonds is 10. The van der Waals surface area contributed by atoms with Gasteiger partial charge in [0.1, 0.15) is 12.1 Å². The number of likely N-dealkylation sites (tertiary alicyclic amines) is 1. The molecular weight excluding hydrogens is 562 g/mol. The second-order valence-electron chi connectivity index (χ2n) is 12.6. The zero-order valence-corrected chi connectivity index (χ0v) is 25.5. The molecule has 42 heavy (non-hydrogen) atoms. The Hall–Kier alpha value is -3.47. The molecule has 228 valence electrons. The molecule has 2 heterocycles. The van der Waals surface area contributed by atoms with Crippen molar-refractivity contribution in [1.29, 1.82) is 0 Å². The van der Waals surface area contributed by atoms with E-state index in [0.717, 1.165) is 18.4 Å². The highest BCUT2D eigenvalue weighted by Crippen LogP contribution is 2.40. The normalized spacial score (nSPS) is 23.0. The second kappa shape index (κ2) is 12.4. The number of nitrogens with one attached hydrogen (secondary N) is 3. The van der Waals surface area contributed by atoms with Crippen LogP contribution in [-0.2, 0) is 28.8 Å². The first kappa shape index (κ1) is 31.5. The van der Waals surface area contributed by atoms with E-state index in [1.807, 2.05) is 33.8 Å². The number of oxime groups is 1. The molecule has 1 spiro atoms. The average molecular weight is 602 g/mol. The van der Waals surface area contributed by atoms with E-state index < -0.39 is 52.6 Å². The lowest BCUT2D eigenvalue weighted by molar-refractivity contribution is -0.145. The van der Waals surface area contributed by atoms with Crippen LogP contribution in [0.4, 0.5) is 0 Å². The van der Waals surface area contributed by atoms with E-state index in [1.54, 1.807) is 18.2 Å². The van der Waals surface area contributed by atoms with E-state index in [4.69, 9.17) is 16.4 Å². The van der Waals surface area contributed by atoms with Crippen molar-refractivity contribution in [1.82, 2.24) is 20.9 Å². The molecule has 4 amide bonds. The van der Waals surface area contributed by atoms with Gasteiger partial charge in [0.15, 0.2) is 5.60 Å². The van der Waals surface area contributed by atoms with Gasteiger partial charge in [0.25, 0.3) is 5.91 Å². The van der Waals surface area contributed by atoms with E-state index in [0.29, 0.717) is 23.6 Å². The molecule has 0 aromatic heterocycles. The summed E-state index contributed by atoms with van der Waals surface area (Å²) < 4.78 is 0. The Bertz CT molecular complexity index is 1290. The minimum atomic E-state index is -1.04. The summed E-state index contributed by atoms with van der Waals surface area (Å²) in [4.78, 5) is 72.8. The fourth-order valence-corrected chi connectivity index (χ4v) is 5.63. The van der Waals surface area contributed by atoms with Crippen LogP contribution < -0.4 is 16.0 Å². The highest BCUT2D eigenvalue weighted by Gasteiger charge is 2.55. The van der Waals surface area contributed by atoms with Crippen LogP contribution in [0.1, 0.15) is 78.7 Å². The van der Waals surface area contributed by atoms with Crippen molar-refractivity contribution in [3.8, 4) is 0 Å². The molecule has 3 N–H and O–H groups in total. The van der Waals surface area contributed by atoms with Gasteiger partial charge in [0, 0.05) is 36.4 Å². The number of nitrogens with zero attached hydrogens (tertiary/aromatic N) is 2. The summed E-state index contributed by atoms with van der Waals surface area (Å²) >= 11 is 6.18. The van der Waals surface area contributed by atoms with Crippen LogP contribution in [0.25, 0.3) is 0 Å². The van der Waals surface area contributed by atoms with Crippen molar-refractivity contribution in [3.63, 3.8) is 0 Å². The van der Waals surface area contributed by atoms with E-state index in [1.165, 1.54) is 11.8 Å². The molecule has 1 aliphatic carbocycles. The summed E-state index contributed by atoms with van der Waals surface area (Å²) in [5.74, 6) is -2.82. The molecule has 1 aromatic carbocycles. The summed E-state index contributed by atoms with van der Waals surface area (Å²) in [7, 11) is 0. The smallest absolute Gasteiger partial charge is 0.289 e. The molecule has 0 radical (unpaired) electrons. The monoisotopic (exact) mass is 601 g/mol. The molecule has 2 aliphatic heterocycles. The van der Waals surface area contributed by atoms with Crippen molar-refractivity contribution < 1.29 is 28.8 Å². The summed E-state index contributed by atoms with van der Waals surface area (Å²) in [6.07, 6.45) is 2.91. The molecule has 1 aromatic rings. The van der Waals surface area contributed by atoms with Gasteiger partial charge in [-0.2, -0.15) is 0 Å². The van der Waals surface area contributed by atoms with Gasteiger partial charge in [-0.05, 0) is 36.8 Å². The molecule has 4 atom stereocenters. The van der Waals surface area contributed by atoms with E-state index >= 15 is 0 Å². The molecule has 3 aliphatic rings. The number of ketones is 1. The van der Waals surface area contributed by atoms with Gasteiger partial charge in [-0.15, -0.1) is 0 Å². The maximum atomic E-state index is 14.1. The first-order chi connectivity index (χ1) is 19.7. The minimum absolute atomic E-state index is 0.00135. The van der Waals surface area contributed by atoms with Crippen LogP contribution in [0.15, 0.2) is 29.4 Å². The molecule has 12 heteroatoms. The number of hydrogen-bond donors (Lipinski definition) is 3. The fourth-order valence-electron chi connectivity index (χ4n) is 5.44. The average Bonchev–Trinajstić information content (AvgIpc) is 3.51. The third kappa shape index (κ3) is 7.29. The van der Waals surface area contributed by atoms with E-state index in [9.17, 15) is 24.0 Å². The van der Waals surface area contributed by atoms with Gasteiger partial charge in [0.05, 0.1) is 18.3 Å². The molecule has 1 saturated carbocycles. The third-order valence-corrected chi connectivity index (χ3v) is 8.03. The number of hydrogen-bond acceptors (Lipinski definition) is 7. The van der Waals surface area contributed by atoms with Crippen molar-refractivity contribution in [2.45, 2.75) is 103 Å². The predicted molar refractivity (Wildman–Crippen MR) is 157 cm³/mol. The van der Waals surface area contributed by atoms with Gasteiger partial charge in [-0.3, -0.25) is 24.0 Å². The molecule has 1 saturated heterocycles. The molecule has 4 rings (SSSR count). The Morgan fingerprint density at radius 3 is 2.48 bits per heavy atom. The zero-order chi connectivity index (χ0) is 30.8. The van der Waals surface area contributed by atoms with Crippen LogP contribution in [-0.4, -0.2) is 76.3 Å². The highest BCUT2D eigenvalue weighted by molar-refractivity contribution is 6.38. The Labute approximate surface area is 251 Å². The highest BCUT2D eigenvalue weighted by atomic mass is 35.5. The zero-order valence-electron chi connectivity index (χ0n) is 24.8. The van der Waals surface area contributed by atoms with Crippen LogP contribution in [0.5, 0.6) is 0 Å². The number of benzene rings is 1. The topological polar surface area (TPSA) is 146 Å². The molecule has 1 unspecified atom stereocenters. The Kier molecular flexibility index (Phi) is 9.30. The summed E-state index contributed by atoms with van der Waals surface area (Å²) in [6, 6.07) is 4.19. The lowest BCUT2D eigenvalue weighted by atomic mass is 9.85. The van der Waals surface area contributed by atoms with Gasteiger partial charge in [-0.1, -0.05) is 63.0 Å². The summed E-state index contributed by atoms with van der Waals surface area (Å²) in [5.41, 5.74) is -0.260. The SMILES string of the molecule is CCC[C@H](NC(=O)[C@@H]1CC2(CC(c3cccc(Cl)c3)=NO2)CN1C(=O)[C@@H](NC(C)=O)C(C)(C)C)C(=O)C(=O)NC1CC1. The van der Waals surface area contributed by atoms with E-state index in [2.05, 4.69) is 21.1 Å². The lowest BCUT2D eigenvalue weighted by Gasteiger charge is -2.35. The first-order valence-electron chi connectivity index (χ1n) is 14.5. The van der Waals surface area contributed by atoms with Gasteiger partial charge >= 0.3 is 0 Å². The number of Topliss-reactive ketones (excluding diaryl/α,β-unsaturated/α-hetero) is 1. The number of halogens is 1. The predicted octanol–water partition coefficient (Wildman–Crippen LogP) is 2.49. The Morgan fingerprint density at radius 1 is 1.17 bits per heavy atom. The first-order valence-corrected chi connectivity index (χ1v) is 14.8. The van der Waals surface area contributed by atoms with Crippen LogP contribution >= 0.6 is 11.6 Å². The third-order valence-electron chi connectivity index (χ3n) is 7.79. The fraction of sp³-hybridized carbons (Fsp3) is 0.600. The molecule has 2 fully saturated rings. The van der Waals surface area contributed by atoms with Crippen LogP contribution in [0.2, 0.25) is 5.02 Å². The minimum Gasteiger partial charge on any atom is -0.387 e. The maximum absolute atomic E-state index is 14.1. The lowest BCUT2D eigenvalue weighted by Crippen LogP contribution is -2.59. The van der Waals surface area contributed by atoms with Crippen LogP contribution in [0.3, 0.4) is 0 Å². The van der Waals surface area contributed by atoms with Gasteiger partial charge in [0.2, 0.25) is 23.5 Å². The molecule has 0 bridgehead atoms. The van der Waals surface area contributed by atoms with Gasteiger partial charge in [-0.25, -0.2) is 0 Å². The van der Waals surface area contributed by atoms with Crippen molar-refractivity contribution in [3.05, 3.63) is 34.9 Å². The second-order valence-corrected chi connectivity index (χ2v) is 13.1. The Balaban J connectivity index is 1.60. The number of carbonyl (C=O) groups is 5. The largest absolute Gasteiger partial charge is 0.387 e. The maximum Gasteiger partial charge on any atom is 0.289 e. The van der Waals surface area contributed by atoms with Crippen molar-refractivity contribution in [2.24, 2.45) is 10.6 Å². The Morgan fingerprint density at radius 2 is 1.88 bits per heavy atom. The van der Waals surface area contributed by atoms with E-state index in [-0.39, 0.29) is 31.3 Å². The molecular formula is C30H40ClN5O6. The van der Waals surface area contributed by atoms with Crippen molar-refractivity contribution >= 4 is 46.7 Å². The van der Waals surface area contributed by atoms with Crippen LogP contribution in [0, 0.1) is 5.41 Å². The summed E-state index contributed by atoms with van der Waals surface area (Å²) in [6.45, 7) is 8.71. The molecule has 11 nitrogen and oxygen atoms in total.